The fourth-order valence-electron chi connectivity index (χ4n) is 1.32. The van der Waals surface area contributed by atoms with Crippen molar-refractivity contribution < 1.29 is 9.72 Å². The second-order valence-corrected chi connectivity index (χ2v) is 4.55. The summed E-state index contributed by atoms with van der Waals surface area (Å²) >= 11 is 1.07. The van der Waals surface area contributed by atoms with E-state index in [0.29, 0.717) is 5.16 Å². The molecule has 9 nitrogen and oxygen atoms in total. The fourth-order valence-corrected chi connectivity index (χ4v) is 2.12. The first kappa shape index (κ1) is 13.1. The summed E-state index contributed by atoms with van der Waals surface area (Å²) in [4.78, 5) is 35.3. The molecule has 0 bridgehead atoms. The van der Waals surface area contributed by atoms with Crippen LogP contribution in [0.3, 0.4) is 0 Å². The van der Waals surface area contributed by atoms with Gasteiger partial charge in [-0.25, -0.2) is 9.89 Å². The maximum absolute atomic E-state index is 11.8. The van der Waals surface area contributed by atoms with E-state index in [1.807, 2.05) is 0 Å². The van der Waals surface area contributed by atoms with Crippen LogP contribution in [0.15, 0.2) is 22.2 Å². The molecule has 0 saturated carbocycles. The number of hydrogen-bond donors (Lipinski definition) is 2. The molecule has 100 valence electrons. The quantitative estimate of drug-likeness (QED) is 0.352. The molecule has 19 heavy (non-hydrogen) atoms. The molecule has 0 unspecified atom stereocenters. The number of carbonyl (C=O) groups excluding carboxylic acids is 1. The monoisotopic (exact) mass is 283 g/mol. The lowest BCUT2D eigenvalue weighted by molar-refractivity contribution is -0.384. The molecule has 0 atom stereocenters. The highest BCUT2D eigenvalue weighted by Crippen LogP contribution is 2.17. The number of Topliss-reactive ketones (excluding diaryl/α,β-unsaturated/α-hetero) is 1. The van der Waals surface area contributed by atoms with E-state index in [-0.39, 0.29) is 28.6 Å². The van der Waals surface area contributed by atoms with Gasteiger partial charge in [-0.15, -0.1) is 5.10 Å². The minimum Gasteiger partial charge on any atom is -0.353 e. The molecular formula is C9H9N5O4S. The largest absolute Gasteiger partial charge is 0.353 e. The van der Waals surface area contributed by atoms with Crippen molar-refractivity contribution in [2.24, 2.45) is 7.05 Å². The molecule has 0 amide bonds. The molecule has 2 aromatic rings. The molecule has 2 N–H and O–H groups in total. The molecule has 2 rings (SSSR count). The summed E-state index contributed by atoms with van der Waals surface area (Å²) in [7, 11) is 1.53. The van der Waals surface area contributed by atoms with Gasteiger partial charge < -0.3 is 4.98 Å². The van der Waals surface area contributed by atoms with Crippen LogP contribution in [0.4, 0.5) is 5.69 Å². The number of ketones is 1. The van der Waals surface area contributed by atoms with Gasteiger partial charge in [0, 0.05) is 13.1 Å². The van der Waals surface area contributed by atoms with E-state index in [1.165, 1.54) is 17.7 Å². The number of aromatic nitrogens is 4. The highest BCUT2D eigenvalue weighted by molar-refractivity contribution is 7.99. The number of carbonyl (C=O) groups is 1. The van der Waals surface area contributed by atoms with E-state index in [0.717, 1.165) is 18.0 Å². The number of H-pyrrole nitrogens is 2. The SMILES string of the molecule is Cn1c(SCC(=O)c2cc([N+](=O)[O-])c[nH]2)n[nH]c1=O. The van der Waals surface area contributed by atoms with Crippen LogP contribution >= 0.6 is 11.8 Å². The Balaban J connectivity index is 2.03. The number of rotatable bonds is 5. The topological polar surface area (TPSA) is 127 Å². The minimum absolute atomic E-state index is 0.0236. The van der Waals surface area contributed by atoms with Crippen LogP contribution in [-0.2, 0) is 7.05 Å². The maximum atomic E-state index is 11.8. The summed E-state index contributed by atoms with van der Waals surface area (Å²) in [5.41, 5.74) is -0.384. The Morgan fingerprint density at radius 1 is 1.63 bits per heavy atom. The first-order valence-electron chi connectivity index (χ1n) is 5.09. The summed E-state index contributed by atoms with van der Waals surface area (Å²) in [5, 5.41) is 16.8. The lowest BCUT2D eigenvalue weighted by Crippen LogP contribution is -2.13. The molecule has 0 aliphatic rings. The second-order valence-electron chi connectivity index (χ2n) is 3.61. The molecular weight excluding hydrogens is 274 g/mol. The smallest absolute Gasteiger partial charge is 0.343 e. The number of hydrogen-bond acceptors (Lipinski definition) is 6. The fraction of sp³-hybridized carbons (Fsp3) is 0.222. The third-order valence-electron chi connectivity index (χ3n) is 2.35. The van der Waals surface area contributed by atoms with Crippen molar-refractivity contribution in [2.45, 2.75) is 5.16 Å². The molecule has 0 aliphatic heterocycles. The Morgan fingerprint density at radius 2 is 2.37 bits per heavy atom. The van der Waals surface area contributed by atoms with Gasteiger partial charge in [-0.1, -0.05) is 11.8 Å². The van der Waals surface area contributed by atoms with E-state index >= 15 is 0 Å². The van der Waals surface area contributed by atoms with Gasteiger partial charge in [0.1, 0.15) is 0 Å². The van der Waals surface area contributed by atoms with Gasteiger partial charge in [-0.3, -0.25) is 19.5 Å². The van der Waals surface area contributed by atoms with Gasteiger partial charge in [0.05, 0.1) is 22.6 Å². The predicted molar refractivity (Wildman–Crippen MR) is 66.3 cm³/mol. The average molecular weight is 283 g/mol. The average Bonchev–Trinajstić information content (AvgIpc) is 2.97. The Morgan fingerprint density at radius 3 is 2.89 bits per heavy atom. The third kappa shape index (κ3) is 2.73. The highest BCUT2D eigenvalue weighted by atomic mass is 32.2. The first-order chi connectivity index (χ1) is 8.99. The molecule has 0 fully saturated rings. The zero-order valence-corrected chi connectivity index (χ0v) is 10.6. The van der Waals surface area contributed by atoms with Crippen molar-refractivity contribution in [1.29, 1.82) is 0 Å². The normalized spacial score (nSPS) is 10.6. The number of nitro groups is 1. The van der Waals surface area contributed by atoms with Gasteiger partial charge in [-0.2, -0.15) is 0 Å². The van der Waals surface area contributed by atoms with E-state index < -0.39 is 4.92 Å². The van der Waals surface area contributed by atoms with E-state index in [2.05, 4.69) is 15.2 Å². The van der Waals surface area contributed by atoms with Crippen molar-refractivity contribution in [3.63, 3.8) is 0 Å². The van der Waals surface area contributed by atoms with Crippen molar-refractivity contribution in [2.75, 3.05) is 5.75 Å². The van der Waals surface area contributed by atoms with Crippen LogP contribution in [0.2, 0.25) is 0 Å². The first-order valence-corrected chi connectivity index (χ1v) is 6.08. The lowest BCUT2D eigenvalue weighted by Gasteiger charge is -1.97. The van der Waals surface area contributed by atoms with Gasteiger partial charge in [-0.05, 0) is 0 Å². The van der Waals surface area contributed by atoms with Gasteiger partial charge in [0.15, 0.2) is 10.9 Å². The van der Waals surface area contributed by atoms with Crippen LogP contribution in [0.1, 0.15) is 10.5 Å². The van der Waals surface area contributed by atoms with E-state index in [4.69, 9.17) is 0 Å². The zero-order chi connectivity index (χ0) is 14.0. The van der Waals surface area contributed by atoms with Crippen molar-refractivity contribution in [3.8, 4) is 0 Å². The second kappa shape index (κ2) is 5.10. The summed E-state index contributed by atoms with van der Waals surface area (Å²) in [6, 6.07) is 1.17. The van der Waals surface area contributed by atoms with Crippen molar-refractivity contribution >= 4 is 23.2 Å². The Hall–Kier alpha value is -2.36. The van der Waals surface area contributed by atoms with Crippen molar-refractivity contribution in [3.05, 3.63) is 38.6 Å². The summed E-state index contributed by atoms with van der Waals surface area (Å²) < 4.78 is 1.27. The van der Waals surface area contributed by atoms with Gasteiger partial charge in [0.2, 0.25) is 0 Å². The van der Waals surface area contributed by atoms with Crippen molar-refractivity contribution in [1.82, 2.24) is 19.7 Å². The van der Waals surface area contributed by atoms with Crippen LogP contribution < -0.4 is 5.69 Å². The lowest BCUT2D eigenvalue weighted by atomic mass is 10.3. The van der Waals surface area contributed by atoms with Gasteiger partial charge in [0.25, 0.3) is 5.69 Å². The molecule has 2 aromatic heterocycles. The Bertz CT molecular complexity index is 685. The predicted octanol–water partition coefficient (Wildman–Crippen LogP) is 0.320. The molecule has 10 heteroatoms. The number of nitrogens with one attached hydrogen (secondary N) is 2. The Labute approximate surface area is 110 Å². The molecule has 0 aliphatic carbocycles. The molecule has 0 radical (unpaired) electrons. The summed E-state index contributed by atoms with van der Waals surface area (Å²) in [6.07, 6.45) is 1.15. The van der Waals surface area contributed by atoms with E-state index in [1.54, 1.807) is 0 Å². The molecule has 0 spiro atoms. The number of nitrogens with zero attached hydrogens (tertiary/aromatic N) is 3. The molecule has 2 heterocycles. The standard InChI is InChI=1S/C9H9N5O4S/c1-13-8(16)11-12-9(13)19-4-7(15)6-2-5(3-10-6)14(17)18/h2-3,10H,4H2,1H3,(H,11,16). The van der Waals surface area contributed by atoms with Crippen LogP contribution in [0, 0.1) is 10.1 Å². The highest BCUT2D eigenvalue weighted by Gasteiger charge is 2.15. The van der Waals surface area contributed by atoms with Crippen LogP contribution in [0.5, 0.6) is 0 Å². The molecule has 0 aromatic carbocycles. The van der Waals surface area contributed by atoms with Crippen LogP contribution in [-0.4, -0.2) is 36.2 Å². The third-order valence-corrected chi connectivity index (χ3v) is 3.38. The minimum atomic E-state index is -0.585. The summed E-state index contributed by atoms with van der Waals surface area (Å²) in [6.45, 7) is 0. The van der Waals surface area contributed by atoms with Gasteiger partial charge >= 0.3 is 5.69 Å². The molecule has 0 saturated heterocycles. The number of thioether (sulfide) groups is 1. The van der Waals surface area contributed by atoms with Crippen LogP contribution in [0.25, 0.3) is 0 Å². The van der Waals surface area contributed by atoms with E-state index in [9.17, 15) is 19.7 Å². The zero-order valence-electron chi connectivity index (χ0n) is 9.74. The maximum Gasteiger partial charge on any atom is 0.343 e. The summed E-state index contributed by atoms with van der Waals surface area (Å²) in [5.74, 6) is -0.288. The number of aromatic amines is 2. The Kier molecular flexibility index (Phi) is 3.51.